The molecule has 0 fully saturated rings. The standard InChI is InChI=1S/C48H37N4.Pt/c1-47(2,3)32-26-27-49-46(30-32)52-42-21-10-7-18-38(42)39-25-24-34(29-45(39)52)48(40-19-8-5-16-36(40)37-17-6-9-20-41(37)48)33-14-13-15-35(28-33)51-31-50(4)43-22-11-12-23-44(43)51;/h5-27,30-31H,1-4H3;/q-1;/i4D3;. The average Bonchev–Trinajstić information content (AvgIpc) is 3.85. The first-order valence-electron chi connectivity index (χ1n) is 19.2. The summed E-state index contributed by atoms with van der Waals surface area (Å²) in [6.45, 7) is 4.33. The van der Waals surface area contributed by atoms with Crippen LogP contribution in [0.4, 0.5) is 0 Å². The number of pyridine rings is 1. The first-order valence-corrected chi connectivity index (χ1v) is 17.7. The van der Waals surface area contributed by atoms with Gasteiger partial charge < -0.3 is 4.57 Å². The van der Waals surface area contributed by atoms with Crippen molar-refractivity contribution in [1.29, 1.82) is 0 Å². The van der Waals surface area contributed by atoms with E-state index in [0.29, 0.717) is 5.52 Å². The zero-order chi connectivity index (χ0) is 37.7. The molecule has 0 atom stereocenters. The van der Waals surface area contributed by atoms with Gasteiger partial charge in [-0.25, -0.2) is 14.1 Å². The molecule has 0 N–H and O–H groups in total. The monoisotopic (exact) mass is 867 g/mol. The van der Waals surface area contributed by atoms with E-state index in [1.54, 1.807) is 6.33 Å². The number of aryl methyl sites for hydroxylation is 1. The number of para-hydroxylation sites is 3. The summed E-state index contributed by atoms with van der Waals surface area (Å²) in [6.07, 6.45) is 3.58. The molecule has 53 heavy (non-hydrogen) atoms. The Morgan fingerprint density at radius 2 is 1.32 bits per heavy atom. The smallest absolute Gasteiger partial charge is 0.188 e. The van der Waals surface area contributed by atoms with Crippen LogP contribution >= 0.6 is 0 Å². The Kier molecular flexibility index (Phi) is 6.92. The molecule has 0 spiro atoms. The van der Waals surface area contributed by atoms with Crippen molar-refractivity contribution in [2.45, 2.75) is 31.6 Å². The zero-order valence-electron chi connectivity index (χ0n) is 32.5. The summed E-state index contributed by atoms with van der Waals surface area (Å²) in [5, 5.41) is 2.24. The van der Waals surface area contributed by atoms with Gasteiger partial charge in [0.25, 0.3) is 0 Å². The van der Waals surface area contributed by atoms with Gasteiger partial charge in [0.2, 0.25) is 0 Å². The molecule has 0 aliphatic heterocycles. The maximum Gasteiger partial charge on any atom is 0.188 e. The Bertz CT molecular complexity index is 2940. The molecule has 5 heteroatoms. The first-order chi connectivity index (χ1) is 26.5. The number of fused-ring (bicyclic) bond motifs is 7. The second kappa shape index (κ2) is 12.3. The predicted molar refractivity (Wildman–Crippen MR) is 212 cm³/mol. The summed E-state index contributed by atoms with van der Waals surface area (Å²) in [6, 6.07) is 56.3. The van der Waals surface area contributed by atoms with Crippen molar-refractivity contribution in [2.24, 2.45) is 6.98 Å². The van der Waals surface area contributed by atoms with Gasteiger partial charge in [-0.05, 0) is 69.0 Å². The Labute approximate surface area is 328 Å². The number of imidazole rings is 1. The van der Waals surface area contributed by atoms with E-state index in [1.807, 2.05) is 41.1 Å². The molecule has 4 nitrogen and oxygen atoms in total. The van der Waals surface area contributed by atoms with Gasteiger partial charge in [0, 0.05) is 67.1 Å². The fourth-order valence-electron chi connectivity index (χ4n) is 8.44. The molecule has 0 saturated heterocycles. The van der Waals surface area contributed by atoms with Gasteiger partial charge >= 0.3 is 0 Å². The number of hydrogen-bond acceptors (Lipinski definition) is 1. The molecule has 0 radical (unpaired) electrons. The molecule has 0 saturated carbocycles. The van der Waals surface area contributed by atoms with Crippen molar-refractivity contribution in [3.63, 3.8) is 0 Å². The van der Waals surface area contributed by atoms with Gasteiger partial charge in [0.05, 0.1) is 0 Å². The third-order valence-corrected chi connectivity index (χ3v) is 10.9. The summed E-state index contributed by atoms with van der Waals surface area (Å²) in [5.74, 6) is 0.851. The SMILES string of the molecule is [2H]C([2H])([2H])n1[cH+]n(-c2[c-]c(C3(c4[c-]c5c(cc4)c4ccccc4n5-c4cc(C(C)(C)C)ccn4)c4ccccc4-c4ccccc43)ccc2)c2ccccc21.[Pt]. The summed E-state index contributed by atoms with van der Waals surface area (Å²) >= 11 is 0. The van der Waals surface area contributed by atoms with Crippen LogP contribution in [-0.4, -0.2) is 18.7 Å². The van der Waals surface area contributed by atoms with E-state index in [-0.39, 0.29) is 26.5 Å². The Hall–Kier alpha value is -5.57. The van der Waals surface area contributed by atoms with Crippen LogP contribution in [0, 0.1) is 12.1 Å². The van der Waals surface area contributed by atoms with Gasteiger partial charge in [-0.1, -0.05) is 99.1 Å². The molecular weight excluding hydrogens is 828 g/mol. The maximum atomic E-state index is 8.30. The van der Waals surface area contributed by atoms with Crippen LogP contribution in [0.15, 0.2) is 152 Å². The molecule has 1 aliphatic rings. The summed E-state index contributed by atoms with van der Waals surface area (Å²) < 4.78 is 30.5. The normalized spacial score (nSPS) is 14.4. The summed E-state index contributed by atoms with van der Waals surface area (Å²) in [4.78, 5) is 4.95. The minimum atomic E-state index is -2.35. The van der Waals surface area contributed by atoms with Crippen LogP contribution in [0.3, 0.4) is 0 Å². The Morgan fingerprint density at radius 3 is 2.06 bits per heavy atom. The molecule has 3 aromatic heterocycles. The maximum absolute atomic E-state index is 8.30. The van der Waals surface area contributed by atoms with Crippen molar-refractivity contribution >= 4 is 32.8 Å². The fraction of sp³-hybridized carbons (Fsp3) is 0.125. The molecule has 1 aliphatic carbocycles. The molecule has 9 aromatic rings. The molecule has 10 rings (SSSR count). The van der Waals surface area contributed by atoms with Gasteiger partial charge in [0.1, 0.15) is 5.82 Å². The van der Waals surface area contributed by atoms with E-state index in [9.17, 15) is 0 Å². The molecular formula is C48H37N4Pt-. The molecule has 0 amide bonds. The quantitative estimate of drug-likeness (QED) is 0.162. The first kappa shape index (κ1) is 29.9. The van der Waals surface area contributed by atoms with Crippen molar-refractivity contribution in [2.75, 3.05) is 0 Å². The number of hydrogen-bond donors (Lipinski definition) is 0. The van der Waals surface area contributed by atoms with E-state index in [1.165, 1.54) is 10.1 Å². The summed E-state index contributed by atoms with van der Waals surface area (Å²) in [5.41, 5.74) is 11.1. The minimum absolute atomic E-state index is 0. The molecule has 260 valence electrons. The van der Waals surface area contributed by atoms with Crippen molar-refractivity contribution < 1.29 is 25.2 Å². The van der Waals surface area contributed by atoms with E-state index < -0.39 is 12.4 Å². The third kappa shape index (κ3) is 4.85. The van der Waals surface area contributed by atoms with Crippen molar-refractivity contribution in [3.8, 4) is 22.6 Å². The van der Waals surface area contributed by atoms with Crippen LogP contribution in [0.2, 0.25) is 0 Å². The largest absolute Gasteiger partial charge is 0.319 e. The second-order valence-corrected chi connectivity index (χ2v) is 14.8. The van der Waals surface area contributed by atoms with Crippen LogP contribution in [-0.2, 0) is 38.9 Å². The van der Waals surface area contributed by atoms with Gasteiger partial charge in [-0.2, -0.15) is 30.3 Å². The predicted octanol–water partition coefficient (Wildman–Crippen LogP) is 11.0. The number of nitrogens with zero attached hydrogens (tertiary/aromatic N) is 4. The van der Waals surface area contributed by atoms with Crippen LogP contribution < -0.4 is 0 Å². The molecule has 3 heterocycles. The van der Waals surface area contributed by atoms with Gasteiger partial charge in [-0.15, -0.1) is 22.6 Å². The molecule has 0 bridgehead atoms. The topological polar surface area (TPSA) is 27.7 Å². The zero-order valence-corrected chi connectivity index (χ0v) is 31.8. The summed E-state index contributed by atoms with van der Waals surface area (Å²) in [7, 11) is 0. The number of rotatable bonds is 4. The Balaban J connectivity index is 0.00000410. The minimum Gasteiger partial charge on any atom is -0.319 e. The van der Waals surface area contributed by atoms with E-state index in [0.717, 1.165) is 72.2 Å². The fourth-order valence-corrected chi connectivity index (χ4v) is 8.44. The number of aromatic nitrogens is 4. The van der Waals surface area contributed by atoms with Crippen molar-refractivity contribution in [1.82, 2.24) is 18.7 Å². The van der Waals surface area contributed by atoms with Gasteiger partial charge in [0.15, 0.2) is 17.4 Å². The molecule has 0 unspecified atom stereocenters. The molecule has 6 aromatic carbocycles. The Morgan fingerprint density at radius 1 is 0.660 bits per heavy atom. The van der Waals surface area contributed by atoms with Crippen LogP contribution in [0.5, 0.6) is 0 Å². The van der Waals surface area contributed by atoms with E-state index >= 15 is 0 Å². The van der Waals surface area contributed by atoms with Crippen molar-refractivity contribution in [3.05, 3.63) is 192 Å². The van der Waals surface area contributed by atoms with E-state index in [4.69, 9.17) is 9.10 Å². The van der Waals surface area contributed by atoms with Crippen LogP contribution in [0.1, 0.15) is 52.7 Å². The van der Waals surface area contributed by atoms with E-state index in [2.05, 4.69) is 147 Å². The third-order valence-electron chi connectivity index (χ3n) is 10.9. The van der Waals surface area contributed by atoms with Crippen LogP contribution in [0.25, 0.3) is 55.5 Å². The number of benzene rings is 6. The second-order valence-electron chi connectivity index (χ2n) is 14.8. The van der Waals surface area contributed by atoms with Gasteiger partial charge in [-0.3, -0.25) is 0 Å². The average molecular weight is 868 g/mol.